The molecule has 3 aromatic carbocycles. The average Bonchev–Trinajstić information content (AvgIpc) is 2.82. The van der Waals surface area contributed by atoms with Crippen LogP contribution in [0, 0.1) is 0 Å². The predicted molar refractivity (Wildman–Crippen MR) is 124 cm³/mol. The lowest BCUT2D eigenvalue weighted by Crippen LogP contribution is -1.96. The SMILES string of the molecule is CCCCCOc1ccc(-c2ccc(-c3ccc4cc(OC)ccc4n3)cc2)cc1. The fourth-order valence-electron chi connectivity index (χ4n) is 3.51. The van der Waals surface area contributed by atoms with Gasteiger partial charge in [0.15, 0.2) is 0 Å². The fraction of sp³-hybridized carbons (Fsp3) is 0.222. The van der Waals surface area contributed by atoms with Gasteiger partial charge in [0.1, 0.15) is 11.5 Å². The molecule has 0 aliphatic carbocycles. The summed E-state index contributed by atoms with van der Waals surface area (Å²) >= 11 is 0. The molecular formula is C27H27NO2. The maximum Gasteiger partial charge on any atom is 0.119 e. The lowest BCUT2D eigenvalue weighted by atomic mass is 10.0. The number of pyridine rings is 1. The first-order chi connectivity index (χ1) is 14.8. The Morgan fingerprint density at radius 1 is 0.700 bits per heavy atom. The van der Waals surface area contributed by atoms with Gasteiger partial charge in [-0.2, -0.15) is 0 Å². The van der Waals surface area contributed by atoms with Crippen molar-refractivity contribution in [2.45, 2.75) is 26.2 Å². The van der Waals surface area contributed by atoms with E-state index in [9.17, 15) is 0 Å². The molecule has 3 heteroatoms. The average molecular weight is 398 g/mol. The van der Waals surface area contributed by atoms with Gasteiger partial charge < -0.3 is 9.47 Å². The molecule has 0 saturated heterocycles. The molecule has 0 radical (unpaired) electrons. The topological polar surface area (TPSA) is 31.4 Å². The van der Waals surface area contributed by atoms with Gasteiger partial charge in [0.2, 0.25) is 0 Å². The van der Waals surface area contributed by atoms with Crippen LogP contribution in [0.4, 0.5) is 0 Å². The summed E-state index contributed by atoms with van der Waals surface area (Å²) in [6.45, 7) is 2.99. The molecule has 1 aromatic heterocycles. The summed E-state index contributed by atoms with van der Waals surface area (Å²) in [7, 11) is 1.68. The molecule has 0 unspecified atom stereocenters. The van der Waals surface area contributed by atoms with Crippen LogP contribution in [0.15, 0.2) is 78.9 Å². The third kappa shape index (κ3) is 4.62. The maximum atomic E-state index is 5.81. The van der Waals surface area contributed by atoms with Gasteiger partial charge in [-0.05, 0) is 53.9 Å². The molecule has 4 rings (SSSR count). The highest BCUT2D eigenvalue weighted by Crippen LogP contribution is 2.27. The van der Waals surface area contributed by atoms with Crippen LogP contribution in [0.5, 0.6) is 11.5 Å². The van der Waals surface area contributed by atoms with Crippen molar-refractivity contribution in [2.75, 3.05) is 13.7 Å². The number of aromatic nitrogens is 1. The first kappa shape index (κ1) is 20.0. The first-order valence-corrected chi connectivity index (χ1v) is 10.6. The number of nitrogens with zero attached hydrogens (tertiary/aromatic N) is 1. The molecule has 30 heavy (non-hydrogen) atoms. The van der Waals surface area contributed by atoms with E-state index in [0.29, 0.717) is 0 Å². The van der Waals surface area contributed by atoms with E-state index in [1.165, 1.54) is 24.0 Å². The second kappa shape index (κ2) is 9.45. The zero-order valence-corrected chi connectivity index (χ0v) is 17.6. The number of methoxy groups -OCH3 is 1. The van der Waals surface area contributed by atoms with Crippen molar-refractivity contribution < 1.29 is 9.47 Å². The van der Waals surface area contributed by atoms with E-state index in [0.717, 1.165) is 46.7 Å². The minimum Gasteiger partial charge on any atom is -0.497 e. The number of benzene rings is 3. The maximum absolute atomic E-state index is 5.81. The van der Waals surface area contributed by atoms with Crippen molar-refractivity contribution in [1.29, 1.82) is 0 Å². The van der Waals surface area contributed by atoms with Crippen LogP contribution in [-0.4, -0.2) is 18.7 Å². The summed E-state index contributed by atoms with van der Waals surface area (Å²) in [5, 5.41) is 1.08. The zero-order valence-electron chi connectivity index (χ0n) is 17.6. The first-order valence-electron chi connectivity index (χ1n) is 10.6. The Morgan fingerprint density at radius 2 is 1.37 bits per heavy atom. The van der Waals surface area contributed by atoms with Gasteiger partial charge in [0.05, 0.1) is 24.9 Å². The van der Waals surface area contributed by atoms with Crippen molar-refractivity contribution in [3.8, 4) is 33.9 Å². The number of rotatable bonds is 8. The Morgan fingerprint density at radius 3 is 2.07 bits per heavy atom. The standard InChI is InChI=1S/C27H27NO2/c1-3-4-5-18-30-24-13-10-21(11-14-24)20-6-8-22(9-7-20)26-16-12-23-19-25(29-2)15-17-27(23)28-26/h6-17,19H,3-5,18H2,1-2H3. The molecule has 0 aliphatic rings. The molecular weight excluding hydrogens is 370 g/mol. The Balaban J connectivity index is 1.48. The largest absolute Gasteiger partial charge is 0.497 e. The van der Waals surface area contributed by atoms with Crippen LogP contribution in [-0.2, 0) is 0 Å². The van der Waals surface area contributed by atoms with Crippen molar-refractivity contribution in [3.63, 3.8) is 0 Å². The summed E-state index contributed by atoms with van der Waals surface area (Å²) < 4.78 is 11.1. The van der Waals surface area contributed by atoms with Gasteiger partial charge in [-0.25, -0.2) is 4.98 Å². The Bertz CT molecular complexity index is 1100. The molecule has 0 spiro atoms. The van der Waals surface area contributed by atoms with Gasteiger partial charge in [0, 0.05) is 10.9 Å². The highest BCUT2D eigenvalue weighted by Gasteiger charge is 2.05. The van der Waals surface area contributed by atoms with Gasteiger partial charge in [-0.3, -0.25) is 0 Å². The normalized spacial score (nSPS) is 10.9. The van der Waals surface area contributed by atoms with Crippen LogP contribution in [0.25, 0.3) is 33.3 Å². The monoisotopic (exact) mass is 397 g/mol. The second-order valence-corrected chi connectivity index (χ2v) is 7.41. The van der Waals surface area contributed by atoms with Gasteiger partial charge in [-0.15, -0.1) is 0 Å². The minimum absolute atomic E-state index is 0.785. The summed E-state index contributed by atoms with van der Waals surface area (Å²) in [5.74, 6) is 1.78. The van der Waals surface area contributed by atoms with Crippen molar-refractivity contribution in [3.05, 3.63) is 78.9 Å². The van der Waals surface area contributed by atoms with Gasteiger partial charge >= 0.3 is 0 Å². The van der Waals surface area contributed by atoms with Gasteiger partial charge in [-0.1, -0.05) is 62.2 Å². The highest BCUT2D eigenvalue weighted by molar-refractivity contribution is 5.83. The van der Waals surface area contributed by atoms with Crippen LogP contribution in [0.1, 0.15) is 26.2 Å². The lowest BCUT2D eigenvalue weighted by molar-refractivity contribution is 0.306. The third-order valence-corrected chi connectivity index (χ3v) is 5.28. The van der Waals surface area contributed by atoms with Crippen molar-refractivity contribution in [2.24, 2.45) is 0 Å². The van der Waals surface area contributed by atoms with Gasteiger partial charge in [0.25, 0.3) is 0 Å². The molecule has 0 bridgehead atoms. The summed E-state index contributed by atoms with van der Waals surface area (Å²) in [6.07, 6.45) is 3.53. The number of ether oxygens (including phenoxy) is 2. The number of hydrogen-bond acceptors (Lipinski definition) is 3. The Labute approximate surface area is 178 Å². The van der Waals surface area contributed by atoms with Crippen LogP contribution in [0.2, 0.25) is 0 Å². The Hall–Kier alpha value is -3.33. The van der Waals surface area contributed by atoms with E-state index in [1.807, 2.05) is 30.3 Å². The van der Waals surface area contributed by atoms with Crippen molar-refractivity contribution in [1.82, 2.24) is 4.98 Å². The molecule has 3 nitrogen and oxygen atoms in total. The smallest absolute Gasteiger partial charge is 0.119 e. The lowest BCUT2D eigenvalue weighted by Gasteiger charge is -2.08. The third-order valence-electron chi connectivity index (χ3n) is 5.28. The molecule has 1 heterocycles. The molecule has 4 aromatic rings. The molecule has 0 atom stereocenters. The van der Waals surface area contributed by atoms with E-state index in [2.05, 4.69) is 55.5 Å². The fourth-order valence-corrected chi connectivity index (χ4v) is 3.51. The summed E-state index contributed by atoms with van der Waals surface area (Å²) in [6, 6.07) is 27.0. The van der Waals surface area contributed by atoms with Crippen LogP contribution in [0.3, 0.4) is 0 Å². The van der Waals surface area contributed by atoms with E-state index in [-0.39, 0.29) is 0 Å². The quantitative estimate of drug-likeness (QED) is 0.296. The number of hydrogen-bond donors (Lipinski definition) is 0. The molecule has 0 N–H and O–H groups in total. The molecule has 0 saturated carbocycles. The summed E-state index contributed by atoms with van der Waals surface area (Å²) in [4.78, 5) is 4.80. The highest BCUT2D eigenvalue weighted by atomic mass is 16.5. The number of fused-ring (bicyclic) bond motifs is 1. The van der Waals surface area contributed by atoms with E-state index < -0.39 is 0 Å². The zero-order chi connectivity index (χ0) is 20.8. The second-order valence-electron chi connectivity index (χ2n) is 7.41. The summed E-state index contributed by atoms with van der Waals surface area (Å²) in [5.41, 5.74) is 5.40. The van der Waals surface area contributed by atoms with Crippen molar-refractivity contribution >= 4 is 10.9 Å². The predicted octanol–water partition coefficient (Wildman–Crippen LogP) is 7.15. The molecule has 0 fully saturated rings. The van der Waals surface area contributed by atoms with E-state index >= 15 is 0 Å². The molecule has 0 aliphatic heterocycles. The molecule has 152 valence electrons. The molecule has 0 amide bonds. The van der Waals surface area contributed by atoms with Crippen LogP contribution < -0.4 is 9.47 Å². The number of unbranched alkanes of at least 4 members (excludes halogenated alkanes) is 2. The van der Waals surface area contributed by atoms with Crippen LogP contribution >= 0.6 is 0 Å². The minimum atomic E-state index is 0.785. The van der Waals surface area contributed by atoms with E-state index in [1.54, 1.807) is 7.11 Å². The van der Waals surface area contributed by atoms with E-state index in [4.69, 9.17) is 14.5 Å². The Kier molecular flexibility index (Phi) is 6.29.